The number of aromatic amines is 1. The number of hydrogen-bond acceptors (Lipinski definition) is 6. The number of rotatable bonds is 6. The number of carbonyl (C=O) groups excluding carboxylic acids is 1. The van der Waals surface area contributed by atoms with Gasteiger partial charge in [-0.05, 0) is 12.1 Å². The zero-order valence-corrected chi connectivity index (χ0v) is 13.0. The average Bonchev–Trinajstić information content (AvgIpc) is 3.09. The molecular weight excluding hydrogens is 324 g/mol. The van der Waals surface area contributed by atoms with Crippen LogP contribution in [0.25, 0.3) is 11.4 Å². The summed E-state index contributed by atoms with van der Waals surface area (Å²) in [6, 6.07) is 15.2. The summed E-state index contributed by atoms with van der Waals surface area (Å²) in [4.78, 5) is 26.5. The maximum Gasteiger partial charge on any atom is 0.270 e. The second kappa shape index (κ2) is 7.21. The lowest BCUT2D eigenvalue weighted by atomic mass is 10.2. The summed E-state index contributed by atoms with van der Waals surface area (Å²) in [7, 11) is 0. The van der Waals surface area contributed by atoms with Gasteiger partial charge in [0.15, 0.2) is 5.82 Å². The Morgan fingerprint density at radius 1 is 1.16 bits per heavy atom. The molecule has 9 nitrogen and oxygen atoms in total. The molecule has 9 heteroatoms. The molecule has 0 aliphatic carbocycles. The van der Waals surface area contributed by atoms with Crippen LogP contribution >= 0.6 is 0 Å². The first-order valence-corrected chi connectivity index (χ1v) is 7.38. The molecule has 1 aromatic heterocycles. The molecule has 3 rings (SSSR count). The molecule has 2 aromatic carbocycles. The highest BCUT2D eigenvalue weighted by Gasteiger charge is 2.12. The van der Waals surface area contributed by atoms with E-state index >= 15 is 0 Å². The molecule has 0 saturated heterocycles. The molecule has 0 atom stereocenters. The smallest absolute Gasteiger partial charge is 0.270 e. The lowest BCUT2D eigenvalue weighted by molar-refractivity contribution is -0.384. The van der Waals surface area contributed by atoms with Crippen molar-refractivity contribution in [3.8, 4) is 11.4 Å². The first-order valence-electron chi connectivity index (χ1n) is 7.38. The molecule has 0 fully saturated rings. The number of hydrogen-bond donors (Lipinski definition) is 3. The van der Waals surface area contributed by atoms with Crippen LogP contribution in [0.3, 0.4) is 0 Å². The fraction of sp³-hybridized carbons (Fsp3) is 0.0625. The van der Waals surface area contributed by atoms with E-state index in [4.69, 9.17) is 0 Å². The van der Waals surface area contributed by atoms with Gasteiger partial charge in [-0.2, -0.15) is 5.10 Å². The molecule has 3 N–H and O–H groups in total. The van der Waals surface area contributed by atoms with Crippen molar-refractivity contribution in [2.24, 2.45) is 0 Å². The maximum absolute atomic E-state index is 11.9. The van der Waals surface area contributed by atoms with E-state index in [0.29, 0.717) is 17.2 Å². The van der Waals surface area contributed by atoms with E-state index < -0.39 is 4.92 Å². The third kappa shape index (κ3) is 4.16. The average molecular weight is 338 g/mol. The van der Waals surface area contributed by atoms with E-state index in [1.54, 1.807) is 12.1 Å². The zero-order chi connectivity index (χ0) is 17.6. The largest absolute Gasteiger partial charge is 0.299 e. The van der Waals surface area contributed by atoms with Crippen molar-refractivity contribution in [2.75, 3.05) is 5.43 Å². The summed E-state index contributed by atoms with van der Waals surface area (Å²) in [5.74, 6) is 0.349. The van der Waals surface area contributed by atoms with E-state index in [2.05, 4.69) is 26.0 Å². The minimum absolute atomic E-state index is 0.0121. The Kier molecular flexibility index (Phi) is 4.65. The van der Waals surface area contributed by atoms with Crippen LogP contribution < -0.4 is 10.9 Å². The van der Waals surface area contributed by atoms with E-state index in [1.165, 1.54) is 12.1 Å². The number of nitrogens with one attached hydrogen (secondary N) is 3. The quantitative estimate of drug-likeness (QED) is 0.466. The van der Waals surface area contributed by atoms with Gasteiger partial charge in [0.2, 0.25) is 5.91 Å². The van der Waals surface area contributed by atoms with Crippen molar-refractivity contribution >= 4 is 17.3 Å². The lowest BCUT2D eigenvalue weighted by Gasteiger charge is -2.06. The van der Waals surface area contributed by atoms with Gasteiger partial charge in [-0.3, -0.25) is 30.9 Å². The van der Waals surface area contributed by atoms with Gasteiger partial charge in [0.05, 0.1) is 17.0 Å². The topological polar surface area (TPSA) is 126 Å². The molecule has 0 aliphatic heterocycles. The van der Waals surface area contributed by atoms with Crippen LogP contribution in [0.4, 0.5) is 11.4 Å². The van der Waals surface area contributed by atoms with Crippen LogP contribution in [0.15, 0.2) is 54.6 Å². The Hall–Kier alpha value is -3.75. The van der Waals surface area contributed by atoms with E-state index in [0.717, 1.165) is 5.69 Å². The maximum atomic E-state index is 11.9. The third-order valence-corrected chi connectivity index (χ3v) is 3.29. The minimum atomic E-state index is -0.486. The summed E-state index contributed by atoms with van der Waals surface area (Å²) in [5.41, 5.74) is 6.55. The predicted molar refractivity (Wildman–Crippen MR) is 90.4 cm³/mol. The number of H-pyrrole nitrogens is 1. The van der Waals surface area contributed by atoms with Gasteiger partial charge in [0.25, 0.3) is 5.69 Å². The van der Waals surface area contributed by atoms with Crippen molar-refractivity contribution in [1.82, 2.24) is 20.6 Å². The molecule has 25 heavy (non-hydrogen) atoms. The van der Waals surface area contributed by atoms with Crippen molar-refractivity contribution in [3.63, 3.8) is 0 Å². The molecule has 0 saturated carbocycles. The number of hydrazine groups is 1. The van der Waals surface area contributed by atoms with Gasteiger partial charge in [-0.15, -0.1) is 0 Å². The Bertz CT molecular complexity index is 894. The fourth-order valence-electron chi connectivity index (χ4n) is 2.12. The third-order valence-electron chi connectivity index (χ3n) is 3.29. The Balaban J connectivity index is 1.62. The molecule has 1 amide bonds. The number of aromatic nitrogens is 3. The predicted octanol–water partition coefficient (Wildman–Crippen LogP) is 2.07. The van der Waals surface area contributed by atoms with E-state index in [9.17, 15) is 14.9 Å². The van der Waals surface area contributed by atoms with Gasteiger partial charge in [0.1, 0.15) is 5.82 Å². The molecule has 0 radical (unpaired) electrons. The molecule has 0 unspecified atom stereocenters. The van der Waals surface area contributed by atoms with E-state index in [1.807, 2.05) is 30.3 Å². The number of nitrogens with zero attached hydrogens (tertiary/aromatic N) is 3. The number of para-hydroxylation sites is 1. The summed E-state index contributed by atoms with van der Waals surface area (Å²) in [6.07, 6.45) is -0.0121. The second-order valence-corrected chi connectivity index (χ2v) is 5.13. The van der Waals surface area contributed by atoms with Crippen molar-refractivity contribution in [3.05, 3.63) is 70.5 Å². The van der Waals surface area contributed by atoms with Crippen LogP contribution in [0.5, 0.6) is 0 Å². The Morgan fingerprint density at radius 3 is 2.72 bits per heavy atom. The lowest BCUT2D eigenvalue weighted by Crippen LogP contribution is -2.30. The number of nitro benzene ring substituents is 1. The molecule has 1 heterocycles. The van der Waals surface area contributed by atoms with Gasteiger partial charge < -0.3 is 0 Å². The fourth-order valence-corrected chi connectivity index (χ4v) is 2.12. The highest BCUT2D eigenvalue weighted by atomic mass is 16.6. The first-order chi connectivity index (χ1) is 12.1. The Labute approximate surface area is 142 Å². The van der Waals surface area contributed by atoms with Crippen LogP contribution in [-0.4, -0.2) is 26.0 Å². The van der Waals surface area contributed by atoms with Crippen LogP contribution in [-0.2, 0) is 11.2 Å². The molecule has 0 spiro atoms. The highest BCUT2D eigenvalue weighted by molar-refractivity contribution is 5.79. The number of non-ortho nitro benzene ring substituents is 1. The van der Waals surface area contributed by atoms with Crippen LogP contribution in [0.1, 0.15) is 5.82 Å². The van der Waals surface area contributed by atoms with Crippen LogP contribution in [0, 0.1) is 10.1 Å². The summed E-state index contributed by atoms with van der Waals surface area (Å²) in [5, 5.41) is 17.5. The molecule has 0 bridgehead atoms. The Morgan fingerprint density at radius 2 is 1.96 bits per heavy atom. The van der Waals surface area contributed by atoms with E-state index in [-0.39, 0.29) is 18.0 Å². The van der Waals surface area contributed by atoms with Crippen LogP contribution in [0.2, 0.25) is 0 Å². The number of carbonyl (C=O) groups is 1. The second-order valence-electron chi connectivity index (χ2n) is 5.13. The van der Waals surface area contributed by atoms with Crippen molar-refractivity contribution in [2.45, 2.75) is 6.42 Å². The molecular formula is C16H14N6O3. The number of amides is 1. The molecule has 126 valence electrons. The molecule has 3 aromatic rings. The van der Waals surface area contributed by atoms with Gasteiger partial charge >= 0.3 is 0 Å². The van der Waals surface area contributed by atoms with Gasteiger partial charge in [-0.1, -0.05) is 30.3 Å². The highest BCUT2D eigenvalue weighted by Crippen LogP contribution is 2.20. The minimum Gasteiger partial charge on any atom is -0.299 e. The standard InChI is InChI=1S/C16H14N6O3/c23-15(20-18-12-6-2-1-3-7-12)10-14-17-16(21-19-14)11-5-4-8-13(9-11)22(24)25/h1-9,18H,10H2,(H,20,23)(H,17,19,21). The van der Waals surface area contributed by atoms with Crippen molar-refractivity contribution < 1.29 is 9.72 Å². The monoisotopic (exact) mass is 338 g/mol. The van der Waals surface area contributed by atoms with Gasteiger partial charge in [-0.25, -0.2) is 4.98 Å². The zero-order valence-electron chi connectivity index (χ0n) is 13.0. The normalized spacial score (nSPS) is 10.2. The summed E-state index contributed by atoms with van der Waals surface area (Å²) in [6.45, 7) is 0. The van der Waals surface area contributed by atoms with Crippen molar-refractivity contribution in [1.29, 1.82) is 0 Å². The first kappa shape index (κ1) is 16.1. The van der Waals surface area contributed by atoms with Gasteiger partial charge in [0, 0.05) is 17.7 Å². The molecule has 0 aliphatic rings. The number of anilines is 1. The SMILES string of the molecule is O=C(Cc1nc(-c2cccc([N+](=O)[O-])c2)n[nH]1)NNc1ccccc1. The number of benzene rings is 2. The number of nitro groups is 1. The summed E-state index contributed by atoms with van der Waals surface area (Å²) < 4.78 is 0. The summed E-state index contributed by atoms with van der Waals surface area (Å²) >= 11 is 0.